The number of carbonyl (C=O) groups excluding carboxylic acids is 2. The van der Waals surface area contributed by atoms with E-state index in [4.69, 9.17) is 9.47 Å². The number of methoxy groups -OCH3 is 1. The third kappa shape index (κ3) is 3.84. The van der Waals surface area contributed by atoms with Crippen molar-refractivity contribution in [1.29, 1.82) is 0 Å². The summed E-state index contributed by atoms with van der Waals surface area (Å²) in [6, 6.07) is 10.9. The van der Waals surface area contributed by atoms with Gasteiger partial charge in [-0.25, -0.2) is 14.0 Å². The summed E-state index contributed by atoms with van der Waals surface area (Å²) in [6.07, 6.45) is 1.07. The predicted molar refractivity (Wildman–Crippen MR) is 100 cm³/mol. The molecule has 0 aliphatic rings. The Morgan fingerprint density at radius 3 is 2.30 bits per heavy atom. The van der Waals surface area contributed by atoms with E-state index in [1.807, 2.05) is 0 Å². The van der Waals surface area contributed by atoms with Crippen molar-refractivity contribution >= 4 is 23.0 Å². The van der Waals surface area contributed by atoms with Crippen molar-refractivity contribution in [2.75, 3.05) is 7.11 Å². The van der Waals surface area contributed by atoms with Gasteiger partial charge < -0.3 is 9.47 Å². The number of fused-ring (bicyclic) bond motifs is 1. The van der Waals surface area contributed by atoms with Gasteiger partial charge in [-0.3, -0.25) is 4.57 Å². The van der Waals surface area contributed by atoms with Gasteiger partial charge in [0.2, 0.25) is 0 Å². The zero-order valence-corrected chi connectivity index (χ0v) is 15.6. The summed E-state index contributed by atoms with van der Waals surface area (Å²) in [4.78, 5) is 24.6. The van der Waals surface area contributed by atoms with Crippen LogP contribution in [-0.4, -0.2) is 29.3 Å². The molecule has 140 valence electrons. The fourth-order valence-electron chi connectivity index (χ4n) is 2.79. The molecule has 0 bridgehead atoms. The molecule has 0 unspecified atom stereocenters. The van der Waals surface area contributed by atoms with Gasteiger partial charge in [-0.15, -0.1) is 0 Å². The molecule has 1 heterocycles. The van der Waals surface area contributed by atoms with Crippen molar-refractivity contribution < 1.29 is 23.5 Å². The van der Waals surface area contributed by atoms with E-state index in [2.05, 4.69) is 0 Å². The summed E-state index contributed by atoms with van der Waals surface area (Å²) in [5.74, 6) is -0.847. The van der Waals surface area contributed by atoms with Crippen LogP contribution in [0, 0.1) is 5.82 Å². The summed E-state index contributed by atoms with van der Waals surface area (Å²) in [5.41, 5.74) is 1.62. The first-order valence-electron chi connectivity index (χ1n) is 8.42. The minimum Gasteiger partial charge on any atom is -0.465 e. The predicted octanol–water partition coefficient (Wildman–Crippen LogP) is 5.02. The SMILES string of the molecule is COC(=O)c1ccc2c(-c3ccc(F)cc3)cn(C(=O)OC(C)(C)C)c2c1. The summed E-state index contributed by atoms with van der Waals surface area (Å²) in [6.45, 7) is 5.33. The topological polar surface area (TPSA) is 57.5 Å². The molecular formula is C21H20FNO4. The van der Waals surface area contributed by atoms with Gasteiger partial charge in [-0.2, -0.15) is 0 Å². The van der Waals surface area contributed by atoms with Gasteiger partial charge in [0.05, 0.1) is 18.2 Å². The van der Waals surface area contributed by atoms with Crippen LogP contribution in [0.25, 0.3) is 22.0 Å². The Kier molecular flexibility index (Phi) is 4.74. The number of aromatic nitrogens is 1. The quantitative estimate of drug-likeness (QED) is 0.595. The second-order valence-electron chi connectivity index (χ2n) is 7.12. The highest BCUT2D eigenvalue weighted by Gasteiger charge is 2.22. The minimum absolute atomic E-state index is 0.318. The van der Waals surface area contributed by atoms with Crippen LogP contribution < -0.4 is 0 Å². The van der Waals surface area contributed by atoms with Crippen LogP contribution in [0.5, 0.6) is 0 Å². The lowest BCUT2D eigenvalue weighted by Gasteiger charge is -2.19. The second kappa shape index (κ2) is 6.87. The summed E-state index contributed by atoms with van der Waals surface area (Å²) in [5, 5.41) is 0.736. The zero-order valence-electron chi connectivity index (χ0n) is 15.6. The molecule has 0 amide bonds. The number of rotatable bonds is 2. The van der Waals surface area contributed by atoms with Gasteiger partial charge in [0.25, 0.3) is 0 Å². The highest BCUT2D eigenvalue weighted by molar-refractivity contribution is 6.03. The van der Waals surface area contributed by atoms with Crippen molar-refractivity contribution in [1.82, 2.24) is 4.57 Å². The summed E-state index contributed by atoms with van der Waals surface area (Å²) < 4.78 is 24.9. The van der Waals surface area contributed by atoms with Crippen LogP contribution in [0.15, 0.2) is 48.7 Å². The smallest absolute Gasteiger partial charge is 0.419 e. The first-order valence-corrected chi connectivity index (χ1v) is 8.42. The van der Waals surface area contributed by atoms with E-state index >= 15 is 0 Å². The fraction of sp³-hybridized carbons (Fsp3) is 0.238. The molecule has 3 rings (SSSR count). The lowest BCUT2D eigenvalue weighted by molar-refractivity contribution is 0.0541. The molecule has 0 saturated heterocycles. The van der Waals surface area contributed by atoms with E-state index in [1.165, 1.54) is 23.8 Å². The van der Waals surface area contributed by atoms with Crippen molar-refractivity contribution in [3.63, 3.8) is 0 Å². The Bertz CT molecular complexity index is 1010. The Labute approximate surface area is 156 Å². The van der Waals surface area contributed by atoms with Gasteiger partial charge in [-0.1, -0.05) is 18.2 Å². The molecule has 0 saturated carbocycles. The number of benzene rings is 2. The highest BCUT2D eigenvalue weighted by Crippen LogP contribution is 2.32. The third-order valence-corrected chi connectivity index (χ3v) is 3.97. The Morgan fingerprint density at radius 2 is 1.70 bits per heavy atom. The summed E-state index contributed by atoms with van der Waals surface area (Å²) >= 11 is 0. The maximum absolute atomic E-state index is 13.3. The monoisotopic (exact) mass is 369 g/mol. The van der Waals surface area contributed by atoms with Crippen LogP contribution in [0.2, 0.25) is 0 Å². The molecule has 0 spiro atoms. The Morgan fingerprint density at radius 1 is 1.04 bits per heavy atom. The third-order valence-electron chi connectivity index (χ3n) is 3.97. The number of halogens is 1. The number of ether oxygens (including phenoxy) is 2. The maximum atomic E-state index is 13.3. The van der Waals surface area contributed by atoms with E-state index in [9.17, 15) is 14.0 Å². The van der Waals surface area contributed by atoms with Crippen LogP contribution in [0.3, 0.4) is 0 Å². The molecule has 0 atom stereocenters. The molecule has 5 nitrogen and oxygen atoms in total. The van der Waals surface area contributed by atoms with E-state index < -0.39 is 17.7 Å². The van der Waals surface area contributed by atoms with Crippen LogP contribution in [0.1, 0.15) is 31.1 Å². The molecule has 3 aromatic rings. The maximum Gasteiger partial charge on any atom is 0.419 e. The lowest BCUT2D eigenvalue weighted by atomic mass is 10.0. The van der Waals surface area contributed by atoms with Crippen molar-refractivity contribution in [3.8, 4) is 11.1 Å². The van der Waals surface area contributed by atoms with Crippen molar-refractivity contribution in [3.05, 3.63) is 60.0 Å². The molecular weight excluding hydrogens is 349 g/mol. The summed E-state index contributed by atoms with van der Waals surface area (Å²) in [7, 11) is 1.30. The van der Waals surface area contributed by atoms with Gasteiger partial charge in [0.1, 0.15) is 11.4 Å². The first kappa shape index (κ1) is 18.6. The lowest BCUT2D eigenvalue weighted by Crippen LogP contribution is -2.26. The van der Waals surface area contributed by atoms with Crippen LogP contribution >= 0.6 is 0 Å². The van der Waals surface area contributed by atoms with Crippen molar-refractivity contribution in [2.24, 2.45) is 0 Å². The number of esters is 1. The number of hydrogen-bond acceptors (Lipinski definition) is 4. The molecule has 0 aliphatic carbocycles. The molecule has 27 heavy (non-hydrogen) atoms. The Balaban J connectivity index is 2.21. The number of hydrogen-bond donors (Lipinski definition) is 0. The van der Waals surface area contributed by atoms with E-state index in [0.29, 0.717) is 11.1 Å². The molecule has 0 radical (unpaired) electrons. The molecule has 1 aromatic heterocycles. The average Bonchev–Trinajstić information content (AvgIpc) is 2.99. The Hall–Kier alpha value is -3.15. The number of carbonyl (C=O) groups is 2. The first-order chi connectivity index (χ1) is 12.7. The van der Waals surface area contributed by atoms with Gasteiger partial charge in [-0.05, 0) is 50.6 Å². The highest BCUT2D eigenvalue weighted by atomic mass is 19.1. The largest absolute Gasteiger partial charge is 0.465 e. The van der Waals surface area contributed by atoms with Crippen molar-refractivity contribution in [2.45, 2.75) is 26.4 Å². The number of nitrogens with zero attached hydrogens (tertiary/aromatic N) is 1. The standard InChI is InChI=1S/C21H20FNO4/c1-21(2,3)27-20(25)23-12-17(13-5-8-15(22)9-6-13)16-10-7-14(11-18(16)23)19(24)26-4/h5-12H,1-4H3. The average molecular weight is 369 g/mol. The van der Waals surface area contributed by atoms with E-state index in [1.54, 1.807) is 57.3 Å². The van der Waals surface area contributed by atoms with E-state index in [-0.39, 0.29) is 5.82 Å². The van der Waals surface area contributed by atoms with Crippen LogP contribution in [0.4, 0.5) is 9.18 Å². The normalized spacial score (nSPS) is 11.4. The van der Waals surface area contributed by atoms with E-state index in [0.717, 1.165) is 16.5 Å². The second-order valence-corrected chi connectivity index (χ2v) is 7.12. The zero-order chi connectivity index (χ0) is 19.8. The molecule has 0 fully saturated rings. The van der Waals surface area contributed by atoms with Gasteiger partial charge in [0.15, 0.2) is 0 Å². The molecule has 0 N–H and O–H groups in total. The van der Waals surface area contributed by atoms with Crippen LogP contribution in [-0.2, 0) is 9.47 Å². The minimum atomic E-state index is -0.677. The molecule has 0 aliphatic heterocycles. The molecule has 2 aromatic carbocycles. The van der Waals surface area contributed by atoms with Gasteiger partial charge >= 0.3 is 12.1 Å². The molecule has 6 heteroatoms. The fourth-order valence-corrected chi connectivity index (χ4v) is 2.79. The van der Waals surface area contributed by atoms with Gasteiger partial charge in [0, 0.05) is 17.1 Å².